The van der Waals surface area contributed by atoms with Gasteiger partial charge in [-0.2, -0.15) is 13.2 Å². The first-order valence-electron chi connectivity index (χ1n) is 12.9. The molecule has 2 N–H and O–H groups in total. The average molecular weight is 547 g/mol. The number of rotatable bonds is 6. The van der Waals surface area contributed by atoms with E-state index in [4.69, 9.17) is 4.74 Å². The molecule has 0 bridgehead atoms. The van der Waals surface area contributed by atoms with E-state index in [2.05, 4.69) is 10.6 Å². The van der Waals surface area contributed by atoms with Crippen LogP contribution in [0, 0.1) is 5.92 Å². The molecule has 210 valence electrons. The number of benzene rings is 2. The summed E-state index contributed by atoms with van der Waals surface area (Å²) in [6.07, 6.45) is -3.75. The van der Waals surface area contributed by atoms with Crippen molar-refractivity contribution in [2.24, 2.45) is 5.92 Å². The number of hydrogen-bond acceptors (Lipinski definition) is 6. The molecule has 0 aliphatic carbocycles. The normalized spacial score (nSPS) is 18.4. The molecule has 2 aliphatic heterocycles. The Morgan fingerprint density at radius 3 is 2.33 bits per heavy atom. The molecule has 8 nitrogen and oxygen atoms in total. The van der Waals surface area contributed by atoms with E-state index in [-0.39, 0.29) is 30.8 Å². The topological polar surface area (TPSA) is 91.0 Å². The molecule has 1 fully saturated rings. The van der Waals surface area contributed by atoms with Crippen molar-refractivity contribution in [3.63, 3.8) is 0 Å². The van der Waals surface area contributed by atoms with Gasteiger partial charge in [-0.25, -0.2) is 4.79 Å². The molecule has 3 amide bonds. The first kappa shape index (κ1) is 28.4. The van der Waals surface area contributed by atoms with Gasteiger partial charge < -0.3 is 15.0 Å². The second-order valence-electron chi connectivity index (χ2n) is 11.0. The molecular formula is C28H33F3N4O4. The number of piperazine rings is 1. The van der Waals surface area contributed by atoms with Crippen LogP contribution in [0.15, 0.2) is 42.5 Å². The largest absolute Gasteiger partial charge is 0.444 e. The molecule has 1 saturated heterocycles. The Morgan fingerprint density at radius 2 is 1.72 bits per heavy atom. The number of halogens is 3. The van der Waals surface area contributed by atoms with Gasteiger partial charge in [-0.15, -0.1) is 0 Å². The van der Waals surface area contributed by atoms with E-state index < -0.39 is 23.4 Å². The number of hydrogen-bond donors (Lipinski definition) is 2. The van der Waals surface area contributed by atoms with E-state index in [1.165, 1.54) is 12.1 Å². The number of alkyl carbamates (subject to hydrolysis) is 1. The summed E-state index contributed by atoms with van der Waals surface area (Å²) < 4.78 is 44.9. The summed E-state index contributed by atoms with van der Waals surface area (Å²) >= 11 is 0. The molecule has 1 atom stereocenters. The van der Waals surface area contributed by atoms with Crippen LogP contribution in [0.4, 0.5) is 29.3 Å². The molecular weight excluding hydrogens is 513 g/mol. The Bertz CT molecular complexity index is 1210. The molecule has 1 unspecified atom stereocenters. The number of alkyl halides is 3. The third kappa shape index (κ3) is 7.50. The van der Waals surface area contributed by atoms with Crippen LogP contribution in [-0.2, 0) is 33.3 Å². The third-order valence-corrected chi connectivity index (χ3v) is 6.62. The Morgan fingerprint density at radius 1 is 1.05 bits per heavy atom. The maximum absolute atomic E-state index is 13.2. The number of anilines is 2. The fourth-order valence-corrected chi connectivity index (χ4v) is 4.94. The zero-order valence-corrected chi connectivity index (χ0v) is 22.2. The van der Waals surface area contributed by atoms with E-state index in [0.717, 1.165) is 28.9 Å². The predicted octanol–water partition coefficient (Wildman–Crippen LogP) is 4.04. The summed E-state index contributed by atoms with van der Waals surface area (Å²) in [6, 6.07) is 10.9. The van der Waals surface area contributed by atoms with Gasteiger partial charge >= 0.3 is 12.3 Å². The monoisotopic (exact) mass is 546 g/mol. The highest BCUT2D eigenvalue weighted by atomic mass is 19.4. The van der Waals surface area contributed by atoms with E-state index in [1.807, 2.05) is 23.1 Å². The van der Waals surface area contributed by atoms with Crippen LogP contribution in [0.25, 0.3) is 0 Å². The zero-order valence-electron chi connectivity index (χ0n) is 22.2. The molecule has 0 saturated carbocycles. The van der Waals surface area contributed by atoms with Gasteiger partial charge in [0.2, 0.25) is 11.8 Å². The molecule has 2 aromatic carbocycles. The molecule has 0 aromatic heterocycles. The minimum atomic E-state index is -4.43. The smallest absolute Gasteiger partial charge is 0.416 e. The second kappa shape index (κ2) is 11.3. The summed E-state index contributed by atoms with van der Waals surface area (Å²) in [6.45, 7) is 6.92. The minimum absolute atomic E-state index is 0.0456. The Hall–Kier alpha value is -3.60. The highest BCUT2D eigenvalue weighted by Gasteiger charge is 2.32. The fourth-order valence-electron chi connectivity index (χ4n) is 4.94. The Labute approximate surface area is 225 Å². The maximum atomic E-state index is 13.2. The lowest BCUT2D eigenvalue weighted by molar-refractivity contribution is -0.138. The lowest BCUT2D eigenvalue weighted by atomic mass is 9.87. The second-order valence-corrected chi connectivity index (χ2v) is 11.0. The number of fused-ring (bicyclic) bond motifs is 1. The van der Waals surface area contributed by atoms with Crippen molar-refractivity contribution >= 4 is 29.3 Å². The molecule has 39 heavy (non-hydrogen) atoms. The van der Waals surface area contributed by atoms with Gasteiger partial charge in [-0.1, -0.05) is 12.1 Å². The van der Waals surface area contributed by atoms with E-state index in [0.29, 0.717) is 38.2 Å². The van der Waals surface area contributed by atoms with Gasteiger partial charge in [0.25, 0.3) is 0 Å². The molecule has 4 rings (SSSR count). The van der Waals surface area contributed by atoms with Crippen molar-refractivity contribution in [2.45, 2.75) is 45.4 Å². The fraction of sp³-hybridized carbons (Fsp3) is 0.464. The van der Waals surface area contributed by atoms with Crippen LogP contribution in [0.3, 0.4) is 0 Å². The molecule has 2 heterocycles. The van der Waals surface area contributed by atoms with Crippen LogP contribution in [0.1, 0.15) is 37.5 Å². The standard InChI is InChI=1S/C28H33F3N4O4/c1-27(2,3)39-26(38)32-14-18-13-22-19(11-12-34-16-24(36)33-25(37)17-34)5-4-6-23(22)35(15-18)21-9-7-20(8-10-21)28(29,30)31/h4-10,18H,11-17H2,1-3H3,(H,32,38)(H,33,36,37). The summed E-state index contributed by atoms with van der Waals surface area (Å²) in [4.78, 5) is 39.6. The first-order valence-corrected chi connectivity index (χ1v) is 12.9. The van der Waals surface area contributed by atoms with Crippen molar-refractivity contribution in [1.82, 2.24) is 15.5 Å². The van der Waals surface area contributed by atoms with Crippen molar-refractivity contribution in [2.75, 3.05) is 37.6 Å². The average Bonchev–Trinajstić information content (AvgIpc) is 2.84. The van der Waals surface area contributed by atoms with Gasteiger partial charge in [0, 0.05) is 31.0 Å². The van der Waals surface area contributed by atoms with Crippen LogP contribution >= 0.6 is 0 Å². The highest BCUT2D eigenvalue weighted by Crippen LogP contribution is 2.39. The number of carbonyl (C=O) groups excluding carboxylic acids is 3. The SMILES string of the molecule is CC(C)(C)OC(=O)NCC1Cc2c(CCN3CC(=O)NC(=O)C3)cccc2N(c2ccc(C(F)(F)F)cc2)C1. The maximum Gasteiger partial charge on any atom is 0.416 e. The highest BCUT2D eigenvalue weighted by molar-refractivity contribution is 5.99. The van der Waals surface area contributed by atoms with Gasteiger partial charge in [0.15, 0.2) is 0 Å². The minimum Gasteiger partial charge on any atom is -0.444 e. The van der Waals surface area contributed by atoms with Crippen LogP contribution in [0.2, 0.25) is 0 Å². The quantitative estimate of drug-likeness (QED) is 0.532. The van der Waals surface area contributed by atoms with Crippen molar-refractivity contribution in [3.8, 4) is 0 Å². The lowest BCUT2D eigenvalue weighted by Crippen LogP contribution is -2.51. The van der Waals surface area contributed by atoms with Crippen LogP contribution in [-0.4, -0.2) is 61.1 Å². The van der Waals surface area contributed by atoms with E-state index in [9.17, 15) is 27.6 Å². The lowest BCUT2D eigenvalue weighted by Gasteiger charge is -2.38. The van der Waals surface area contributed by atoms with Crippen molar-refractivity contribution < 1.29 is 32.3 Å². The van der Waals surface area contributed by atoms with Crippen molar-refractivity contribution in [3.05, 3.63) is 59.2 Å². The molecule has 11 heteroatoms. The molecule has 2 aliphatic rings. The number of nitrogens with zero attached hydrogens (tertiary/aromatic N) is 2. The van der Waals surface area contributed by atoms with Crippen LogP contribution in [0.5, 0.6) is 0 Å². The van der Waals surface area contributed by atoms with Gasteiger partial charge in [0.1, 0.15) is 5.60 Å². The third-order valence-electron chi connectivity index (χ3n) is 6.62. The number of carbonyl (C=O) groups is 3. The molecule has 0 spiro atoms. The zero-order chi connectivity index (χ0) is 28.4. The summed E-state index contributed by atoms with van der Waals surface area (Å²) in [5.74, 6) is -0.706. The summed E-state index contributed by atoms with van der Waals surface area (Å²) in [5, 5.41) is 5.12. The first-order chi connectivity index (χ1) is 18.3. The predicted molar refractivity (Wildman–Crippen MR) is 140 cm³/mol. The molecule has 2 aromatic rings. The summed E-state index contributed by atoms with van der Waals surface area (Å²) in [5.41, 5.74) is 2.17. The van der Waals surface area contributed by atoms with E-state index in [1.54, 1.807) is 25.7 Å². The number of amides is 3. The van der Waals surface area contributed by atoms with Gasteiger partial charge in [-0.3, -0.25) is 19.8 Å². The van der Waals surface area contributed by atoms with Gasteiger partial charge in [0.05, 0.1) is 18.7 Å². The molecule has 0 radical (unpaired) electrons. The Kier molecular flexibility index (Phi) is 8.20. The number of nitrogens with one attached hydrogen (secondary N) is 2. The van der Waals surface area contributed by atoms with E-state index >= 15 is 0 Å². The summed E-state index contributed by atoms with van der Waals surface area (Å²) in [7, 11) is 0. The van der Waals surface area contributed by atoms with Crippen LogP contribution < -0.4 is 15.5 Å². The number of ether oxygens (including phenoxy) is 1. The van der Waals surface area contributed by atoms with Gasteiger partial charge in [-0.05, 0) is 81.0 Å². The number of imide groups is 1. The Balaban J connectivity index is 1.58. The van der Waals surface area contributed by atoms with Crippen molar-refractivity contribution in [1.29, 1.82) is 0 Å².